The molecule has 8 nitrogen and oxygen atoms in total. The van der Waals surface area contributed by atoms with Crippen molar-refractivity contribution in [2.75, 3.05) is 0 Å². The molecule has 0 aliphatic carbocycles. The van der Waals surface area contributed by atoms with Crippen LogP contribution in [0.15, 0.2) is 84.9 Å². The van der Waals surface area contributed by atoms with Crippen molar-refractivity contribution < 1.29 is 29.4 Å². The summed E-state index contributed by atoms with van der Waals surface area (Å²) in [4.78, 5) is 42.0. The lowest BCUT2D eigenvalue weighted by Crippen LogP contribution is -2.12. The Morgan fingerprint density at radius 1 is 0.583 bits per heavy atom. The number of carbonyl (C=O) groups excluding carboxylic acids is 2. The topological polar surface area (TPSA) is 161 Å². The number of hydrogen-bond donors (Lipinski definition) is 4. The quantitative estimate of drug-likeness (QED) is 0.305. The normalized spacial score (nSPS) is 11.4. The summed E-state index contributed by atoms with van der Waals surface area (Å²) in [6.07, 6.45) is 0.372. The third-order valence-electron chi connectivity index (χ3n) is 4.47. The van der Waals surface area contributed by atoms with E-state index in [1.807, 2.05) is 60.7 Å². The first kappa shape index (κ1) is 30.2. The summed E-state index contributed by atoms with van der Waals surface area (Å²) in [7, 11) is 0. The zero-order valence-corrected chi connectivity index (χ0v) is 20.6. The van der Waals surface area contributed by atoms with Crippen LogP contribution in [0.25, 0.3) is 0 Å². The molecule has 2 unspecified atom stereocenters. The highest BCUT2D eigenvalue weighted by Crippen LogP contribution is 2.23. The van der Waals surface area contributed by atoms with Gasteiger partial charge in [-0.05, 0) is 23.3 Å². The lowest BCUT2D eigenvalue weighted by atomic mass is 10.1. The Morgan fingerprint density at radius 3 is 1.11 bits per heavy atom. The number of rotatable bonds is 8. The van der Waals surface area contributed by atoms with E-state index < -0.39 is 11.9 Å². The van der Waals surface area contributed by atoms with E-state index in [-0.39, 0.29) is 46.5 Å². The first-order valence-electron chi connectivity index (χ1n) is 10.5. The molecule has 6 N–H and O–H groups in total. The number of aromatic carboxylic acids is 2. The van der Waals surface area contributed by atoms with Crippen molar-refractivity contribution >= 4 is 47.0 Å². The largest absolute Gasteiger partial charge is 0.478 e. The predicted molar refractivity (Wildman–Crippen MR) is 138 cm³/mol. The van der Waals surface area contributed by atoms with Gasteiger partial charge < -0.3 is 21.7 Å². The Bertz CT molecular complexity index is 1050. The number of benzene rings is 3. The second kappa shape index (κ2) is 15.9. The van der Waals surface area contributed by atoms with E-state index in [2.05, 4.69) is 0 Å². The average molecular weight is 533 g/mol. The van der Waals surface area contributed by atoms with Gasteiger partial charge >= 0.3 is 11.9 Å². The molecule has 190 valence electrons. The van der Waals surface area contributed by atoms with Gasteiger partial charge in [0.1, 0.15) is 0 Å². The number of carbonyl (C=O) groups is 4. The second-order valence-corrected chi connectivity index (χ2v) is 8.31. The minimum Gasteiger partial charge on any atom is -0.478 e. The van der Waals surface area contributed by atoms with E-state index in [1.165, 1.54) is 24.3 Å². The number of hydrogen-bond acceptors (Lipinski definition) is 4. The van der Waals surface area contributed by atoms with Crippen LogP contribution in [-0.4, -0.2) is 34.0 Å². The number of carboxylic acid groups (broad SMARTS) is 2. The van der Waals surface area contributed by atoms with Crippen LogP contribution in [-0.2, 0) is 9.59 Å². The Labute approximate surface area is 218 Å². The molecule has 0 radical (unpaired) electrons. The Hall–Kier alpha value is -3.88. The fourth-order valence-corrected chi connectivity index (χ4v) is 3.36. The van der Waals surface area contributed by atoms with Crippen LogP contribution >= 0.6 is 23.2 Å². The number of amides is 2. The molecule has 10 heteroatoms. The fraction of sp³-hybridized carbons (Fsp3) is 0.154. The van der Waals surface area contributed by atoms with Gasteiger partial charge in [-0.3, -0.25) is 9.59 Å². The van der Waals surface area contributed by atoms with Gasteiger partial charge in [0.15, 0.2) is 0 Å². The number of halogens is 2. The minimum atomic E-state index is -1.23. The van der Waals surface area contributed by atoms with Gasteiger partial charge in [-0.1, -0.05) is 72.8 Å². The van der Waals surface area contributed by atoms with Crippen molar-refractivity contribution in [3.8, 4) is 0 Å². The number of nitrogens with two attached hydrogens (primary N) is 2. The van der Waals surface area contributed by atoms with E-state index in [0.717, 1.165) is 11.1 Å². The smallest absolute Gasteiger partial charge is 0.336 e. The maximum atomic E-state index is 10.5. The molecular weight excluding hydrogens is 507 g/mol. The van der Waals surface area contributed by atoms with Crippen LogP contribution in [0.3, 0.4) is 0 Å². The van der Waals surface area contributed by atoms with Crippen molar-refractivity contribution in [2.24, 2.45) is 11.5 Å². The van der Waals surface area contributed by atoms with Crippen molar-refractivity contribution in [1.82, 2.24) is 0 Å². The lowest BCUT2D eigenvalue weighted by Gasteiger charge is -2.05. The van der Waals surface area contributed by atoms with Crippen LogP contribution in [0.5, 0.6) is 0 Å². The highest BCUT2D eigenvalue weighted by Gasteiger charge is 2.13. The molecule has 0 saturated heterocycles. The molecule has 0 fully saturated rings. The summed E-state index contributed by atoms with van der Waals surface area (Å²) in [5.41, 5.74) is 11.5. The molecule has 3 aromatic rings. The van der Waals surface area contributed by atoms with E-state index in [9.17, 15) is 19.2 Å². The Kier molecular flexibility index (Phi) is 13.3. The van der Waals surface area contributed by atoms with E-state index in [1.54, 1.807) is 0 Å². The van der Waals surface area contributed by atoms with Crippen LogP contribution < -0.4 is 11.5 Å². The van der Waals surface area contributed by atoms with Crippen LogP contribution in [0.1, 0.15) is 55.4 Å². The Morgan fingerprint density at radius 2 is 0.861 bits per heavy atom. The zero-order valence-electron chi connectivity index (χ0n) is 19.1. The summed E-state index contributed by atoms with van der Waals surface area (Å²) in [5.74, 6) is -3.21. The van der Waals surface area contributed by atoms with Gasteiger partial charge in [0.2, 0.25) is 11.8 Å². The fourth-order valence-electron chi connectivity index (χ4n) is 2.77. The molecule has 2 amide bonds. The maximum Gasteiger partial charge on any atom is 0.336 e. The third-order valence-corrected chi connectivity index (χ3v) is 5.28. The zero-order chi connectivity index (χ0) is 27.1. The van der Waals surface area contributed by atoms with E-state index in [0.29, 0.717) is 0 Å². The van der Waals surface area contributed by atoms with Crippen LogP contribution in [0.2, 0.25) is 0 Å². The summed E-state index contributed by atoms with van der Waals surface area (Å²) in [6, 6.07) is 24.3. The number of primary amides is 2. The van der Waals surface area contributed by atoms with Gasteiger partial charge in [-0.2, -0.15) is 0 Å². The van der Waals surface area contributed by atoms with Gasteiger partial charge in [0.05, 0.1) is 21.9 Å². The van der Waals surface area contributed by atoms with E-state index >= 15 is 0 Å². The summed E-state index contributed by atoms with van der Waals surface area (Å²) in [5, 5.41) is 16.5. The molecule has 0 saturated carbocycles. The highest BCUT2D eigenvalue weighted by atomic mass is 35.5. The molecule has 2 atom stereocenters. The minimum absolute atomic E-state index is 0.186. The van der Waals surface area contributed by atoms with Gasteiger partial charge in [0, 0.05) is 12.8 Å². The van der Waals surface area contributed by atoms with Gasteiger partial charge in [-0.25, -0.2) is 9.59 Å². The molecule has 0 heterocycles. The maximum absolute atomic E-state index is 10.5. The molecule has 0 spiro atoms. The first-order valence-corrected chi connectivity index (χ1v) is 11.4. The molecule has 0 bridgehead atoms. The number of alkyl halides is 2. The standard InChI is InChI=1S/2C9H10ClNO.C8H6O4/c2*10-8(6-9(11)12)7-4-2-1-3-5-7;9-7(10)5-3-1-2-4-6(5)8(11)12/h2*1-5,8H,6H2,(H2,11,12);1-4H,(H,9,10)(H,11,12). The second-order valence-electron chi connectivity index (χ2n) is 7.25. The molecule has 3 aromatic carbocycles. The SMILES string of the molecule is NC(=O)CC(Cl)c1ccccc1.NC(=O)CC(Cl)c1ccccc1.O=C(O)c1ccccc1C(=O)O. The monoisotopic (exact) mass is 532 g/mol. The lowest BCUT2D eigenvalue weighted by molar-refractivity contribution is -0.118. The highest BCUT2D eigenvalue weighted by molar-refractivity contribution is 6.22. The summed E-state index contributed by atoms with van der Waals surface area (Å²) < 4.78 is 0. The van der Waals surface area contributed by atoms with E-state index in [4.69, 9.17) is 44.9 Å². The Balaban J connectivity index is 0.000000270. The van der Waals surface area contributed by atoms with Crippen LogP contribution in [0, 0.1) is 0 Å². The molecular formula is C26H26Cl2N2O6. The molecule has 3 rings (SSSR count). The summed E-state index contributed by atoms with van der Waals surface area (Å²) in [6.45, 7) is 0. The van der Waals surface area contributed by atoms with Crippen molar-refractivity contribution in [1.29, 1.82) is 0 Å². The predicted octanol–water partition coefficient (Wildman–Crippen LogP) is 4.77. The van der Waals surface area contributed by atoms with Crippen molar-refractivity contribution in [2.45, 2.75) is 23.6 Å². The van der Waals surface area contributed by atoms with Gasteiger partial charge in [-0.15, -0.1) is 23.2 Å². The first-order chi connectivity index (χ1) is 17.0. The number of carboxylic acids is 2. The van der Waals surface area contributed by atoms with Crippen molar-refractivity contribution in [3.05, 3.63) is 107 Å². The van der Waals surface area contributed by atoms with Crippen LogP contribution in [0.4, 0.5) is 0 Å². The van der Waals surface area contributed by atoms with Crippen molar-refractivity contribution in [3.63, 3.8) is 0 Å². The molecule has 0 aliphatic rings. The summed E-state index contributed by atoms with van der Waals surface area (Å²) >= 11 is 11.8. The molecule has 36 heavy (non-hydrogen) atoms. The molecule has 0 aliphatic heterocycles. The molecule has 0 aromatic heterocycles. The average Bonchev–Trinajstić information content (AvgIpc) is 2.85. The third kappa shape index (κ3) is 11.5. The van der Waals surface area contributed by atoms with Gasteiger partial charge in [0.25, 0.3) is 0 Å².